The number of hydrogen-bond acceptors (Lipinski definition) is 3. The van der Waals surface area contributed by atoms with Gasteiger partial charge in [0, 0.05) is 13.1 Å². The summed E-state index contributed by atoms with van der Waals surface area (Å²) < 4.78 is 42.7. The van der Waals surface area contributed by atoms with Crippen molar-refractivity contribution in [2.75, 3.05) is 33.3 Å². The van der Waals surface area contributed by atoms with Crippen molar-refractivity contribution in [1.29, 1.82) is 0 Å². The normalized spacial score (nSPS) is 11.9. The highest BCUT2D eigenvalue weighted by molar-refractivity contribution is 5.27. The van der Waals surface area contributed by atoms with E-state index in [0.29, 0.717) is 18.7 Å². The van der Waals surface area contributed by atoms with Gasteiger partial charge < -0.3 is 10.1 Å². The van der Waals surface area contributed by atoms with Crippen LogP contribution in [0.15, 0.2) is 24.3 Å². The van der Waals surface area contributed by atoms with E-state index in [0.717, 1.165) is 12.1 Å². The van der Waals surface area contributed by atoms with Gasteiger partial charge >= 0.3 is 6.18 Å². The highest BCUT2D eigenvalue weighted by Gasteiger charge is 2.30. The van der Waals surface area contributed by atoms with Gasteiger partial charge in [-0.3, -0.25) is 4.90 Å². The maximum Gasteiger partial charge on any atom is 0.401 e. The van der Waals surface area contributed by atoms with Crippen LogP contribution in [-0.2, 0) is 6.54 Å². The van der Waals surface area contributed by atoms with Crippen molar-refractivity contribution >= 4 is 0 Å². The number of nitrogens with one attached hydrogen (secondary N) is 1. The summed E-state index contributed by atoms with van der Waals surface area (Å²) in [4.78, 5) is 1.37. The largest absolute Gasteiger partial charge is 0.492 e. The number of nitrogens with zero attached hydrogens (tertiary/aromatic N) is 1. The lowest BCUT2D eigenvalue weighted by Crippen LogP contribution is -2.37. The summed E-state index contributed by atoms with van der Waals surface area (Å²) in [7, 11) is 1.87. The van der Waals surface area contributed by atoms with Crippen LogP contribution in [-0.4, -0.2) is 44.4 Å². The number of rotatable bonds is 9. The van der Waals surface area contributed by atoms with E-state index in [9.17, 15) is 13.2 Å². The Morgan fingerprint density at radius 3 is 2.33 bits per heavy atom. The Bertz CT molecular complexity index is 393. The molecule has 0 saturated heterocycles. The fraction of sp³-hybridized carbons (Fsp3) is 0.600. The average molecular weight is 304 g/mol. The Labute approximate surface area is 124 Å². The van der Waals surface area contributed by atoms with Crippen molar-refractivity contribution in [2.24, 2.45) is 0 Å². The molecule has 120 valence electrons. The molecule has 0 amide bonds. The Kier molecular flexibility index (Phi) is 7.53. The Hall–Kier alpha value is -1.27. The fourth-order valence-electron chi connectivity index (χ4n) is 2.04. The maximum absolute atomic E-state index is 12.4. The van der Waals surface area contributed by atoms with Crippen molar-refractivity contribution in [3.63, 3.8) is 0 Å². The second kappa shape index (κ2) is 8.89. The van der Waals surface area contributed by atoms with Crippen molar-refractivity contribution in [2.45, 2.75) is 26.1 Å². The van der Waals surface area contributed by atoms with Crippen LogP contribution in [0.5, 0.6) is 5.75 Å². The van der Waals surface area contributed by atoms with E-state index >= 15 is 0 Å². The van der Waals surface area contributed by atoms with E-state index in [1.165, 1.54) is 4.90 Å². The summed E-state index contributed by atoms with van der Waals surface area (Å²) >= 11 is 0. The number of hydrogen-bond donors (Lipinski definition) is 1. The van der Waals surface area contributed by atoms with Crippen LogP contribution in [0.1, 0.15) is 18.9 Å². The Morgan fingerprint density at radius 2 is 1.81 bits per heavy atom. The van der Waals surface area contributed by atoms with Gasteiger partial charge in [-0.05, 0) is 37.7 Å². The maximum atomic E-state index is 12.4. The van der Waals surface area contributed by atoms with Crippen LogP contribution in [0.3, 0.4) is 0 Å². The third-order valence-corrected chi connectivity index (χ3v) is 2.92. The van der Waals surface area contributed by atoms with Gasteiger partial charge in [0.05, 0.1) is 6.54 Å². The molecule has 1 N–H and O–H groups in total. The summed E-state index contributed by atoms with van der Waals surface area (Å²) in [5.74, 6) is 0.679. The molecule has 0 atom stereocenters. The molecule has 6 heteroatoms. The first-order valence-corrected chi connectivity index (χ1v) is 7.10. The third kappa shape index (κ3) is 7.92. The predicted octanol–water partition coefficient (Wildman–Crippen LogP) is 3.06. The molecular formula is C15H23F3N2O. The smallest absolute Gasteiger partial charge is 0.401 e. The lowest BCUT2D eigenvalue weighted by atomic mass is 10.2. The molecule has 0 fully saturated rings. The average Bonchev–Trinajstić information content (AvgIpc) is 2.39. The summed E-state index contributed by atoms with van der Waals surface area (Å²) in [5.41, 5.74) is 1.13. The van der Waals surface area contributed by atoms with E-state index in [4.69, 9.17) is 4.74 Å². The van der Waals surface area contributed by atoms with E-state index in [2.05, 4.69) is 5.32 Å². The standard InChI is InChI=1S/C15H23F3N2O/c1-3-8-20(12-15(16,17)18)9-10-21-14-6-4-13(5-7-14)11-19-2/h4-7,19H,3,8-12H2,1-2H3. The lowest BCUT2D eigenvalue weighted by Gasteiger charge is -2.23. The molecule has 0 aliphatic rings. The number of alkyl halides is 3. The minimum absolute atomic E-state index is 0.251. The second-order valence-corrected chi connectivity index (χ2v) is 4.91. The summed E-state index contributed by atoms with van der Waals surface area (Å²) in [6.07, 6.45) is -3.47. The van der Waals surface area contributed by atoms with Crippen LogP contribution in [0, 0.1) is 0 Å². The Morgan fingerprint density at radius 1 is 1.14 bits per heavy atom. The van der Waals surface area contributed by atoms with Gasteiger partial charge in [-0.2, -0.15) is 13.2 Å². The molecular weight excluding hydrogens is 281 g/mol. The molecule has 0 aliphatic heterocycles. The van der Waals surface area contributed by atoms with Crippen LogP contribution >= 0.6 is 0 Å². The molecule has 1 aromatic carbocycles. The van der Waals surface area contributed by atoms with Crippen molar-refractivity contribution < 1.29 is 17.9 Å². The highest BCUT2D eigenvalue weighted by atomic mass is 19.4. The summed E-state index contributed by atoms with van der Waals surface area (Å²) in [5, 5.41) is 3.04. The van der Waals surface area contributed by atoms with E-state index in [1.807, 2.05) is 38.2 Å². The van der Waals surface area contributed by atoms with Gasteiger partial charge in [0.1, 0.15) is 12.4 Å². The van der Waals surface area contributed by atoms with Gasteiger partial charge in [0.25, 0.3) is 0 Å². The molecule has 0 aliphatic carbocycles. The first-order chi connectivity index (χ1) is 9.94. The van der Waals surface area contributed by atoms with Crippen LogP contribution in [0.2, 0.25) is 0 Å². The number of halogens is 3. The van der Waals surface area contributed by atoms with Crippen molar-refractivity contribution in [1.82, 2.24) is 10.2 Å². The van der Waals surface area contributed by atoms with Crippen LogP contribution in [0.25, 0.3) is 0 Å². The zero-order valence-corrected chi connectivity index (χ0v) is 12.5. The lowest BCUT2D eigenvalue weighted by molar-refractivity contribution is -0.146. The third-order valence-electron chi connectivity index (χ3n) is 2.92. The molecule has 0 saturated carbocycles. The molecule has 0 heterocycles. The monoisotopic (exact) mass is 304 g/mol. The minimum atomic E-state index is -4.16. The molecule has 21 heavy (non-hydrogen) atoms. The summed E-state index contributed by atoms with van der Waals surface area (Å²) in [6.45, 7) is 2.70. The van der Waals surface area contributed by atoms with Gasteiger partial charge in [-0.15, -0.1) is 0 Å². The van der Waals surface area contributed by atoms with Crippen molar-refractivity contribution in [3.05, 3.63) is 29.8 Å². The molecule has 0 spiro atoms. The van der Waals surface area contributed by atoms with E-state index < -0.39 is 12.7 Å². The quantitative estimate of drug-likeness (QED) is 0.759. The van der Waals surface area contributed by atoms with Crippen molar-refractivity contribution in [3.8, 4) is 5.75 Å². The number of ether oxygens (including phenoxy) is 1. The molecule has 0 bridgehead atoms. The van der Waals surface area contributed by atoms with Gasteiger partial charge in [0.2, 0.25) is 0 Å². The minimum Gasteiger partial charge on any atom is -0.492 e. The SMILES string of the molecule is CCCN(CCOc1ccc(CNC)cc1)CC(F)(F)F. The first-order valence-electron chi connectivity index (χ1n) is 7.10. The van der Waals surface area contributed by atoms with Crippen LogP contribution < -0.4 is 10.1 Å². The molecule has 1 rings (SSSR count). The van der Waals surface area contributed by atoms with Gasteiger partial charge in [-0.1, -0.05) is 19.1 Å². The van der Waals surface area contributed by atoms with Gasteiger partial charge in [0.15, 0.2) is 0 Å². The second-order valence-electron chi connectivity index (χ2n) is 4.91. The molecule has 0 unspecified atom stereocenters. The summed E-state index contributed by atoms with van der Waals surface area (Å²) in [6, 6.07) is 7.54. The van der Waals surface area contributed by atoms with E-state index in [1.54, 1.807) is 0 Å². The molecule has 0 aromatic heterocycles. The first kappa shape index (κ1) is 17.8. The fourth-order valence-corrected chi connectivity index (χ4v) is 2.04. The topological polar surface area (TPSA) is 24.5 Å². The highest BCUT2D eigenvalue weighted by Crippen LogP contribution is 2.17. The van der Waals surface area contributed by atoms with Gasteiger partial charge in [-0.25, -0.2) is 0 Å². The van der Waals surface area contributed by atoms with Crippen LogP contribution in [0.4, 0.5) is 13.2 Å². The number of benzene rings is 1. The zero-order valence-electron chi connectivity index (χ0n) is 12.5. The zero-order chi connectivity index (χ0) is 15.7. The predicted molar refractivity (Wildman–Crippen MR) is 77.5 cm³/mol. The Balaban J connectivity index is 2.38. The molecule has 3 nitrogen and oxygen atoms in total. The van der Waals surface area contributed by atoms with E-state index in [-0.39, 0.29) is 13.2 Å². The molecule has 1 aromatic rings. The molecule has 0 radical (unpaired) electrons.